The molecule has 2 aromatic rings. The quantitative estimate of drug-likeness (QED) is 0.262. The molecular weight excluding hydrogens is 352 g/mol. The average molecular weight is 370 g/mol. The van der Waals surface area contributed by atoms with Gasteiger partial charge in [0, 0.05) is 24.7 Å². The van der Waals surface area contributed by atoms with Crippen LogP contribution in [0.3, 0.4) is 0 Å². The third-order valence-electron chi connectivity index (χ3n) is 4.21. The van der Waals surface area contributed by atoms with Crippen LogP contribution in [0.2, 0.25) is 0 Å². The van der Waals surface area contributed by atoms with Gasteiger partial charge in [-0.1, -0.05) is 12.1 Å². The van der Waals surface area contributed by atoms with Gasteiger partial charge in [0.2, 0.25) is 0 Å². The molecule has 0 bridgehead atoms. The van der Waals surface area contributed by atoms with Crippen molar-refractivity contribution in [1.29, 1.82) is 0 Å². The fraction of sp³-hybridized carbons (Fsp3) is 0.263. The summed E-state index contributed by atoms with van der Waals surface area (Å²) in [6.45, 7) is 3.49. The van der Waals surface area contributed by atoms with E-state index in [9.17, 15) is 19.7 Å². The number of morpholine rings is 1. The number of carbonyl (C=O) groups is 2. The minimum atomic E-state index is -0.729. The van der Waals surface area contributed by atoms with Crippen molar-refractivity contribution in [1.82, 2.24) is 0 Å². The lowest BCUT2D eigenvalue weighted by molar-refractivity contribution is -0.384. The van der Waals surface area contributed by atoms with Crippen LogP contribution in [0, 0.1) is 10.1 Å². The minimum absolute atomic E-state index is 0.0620. The lowest BCUT2D eigenvalue weighted by Crippen LogP contribution is -2.36. The maximum Gasteiger partial charge on any atom is 0.343 e. The maximum atomic E-state index is 12.4. The van der Waals surface area contributed by atoms with Crippen molar-refractivity contribution in [2.45, 2.75) is 6.92 Å². The van der Waals surface area contributed by atoms with Gasteiger partial charge in [-0.25, -0.2) is 4.79 Å². The lowest BCUT2D eigenvalue weighted by Gasteiger charge is -2.28. The van der Waals surface area contributed by atoms with Crippen LogP contribution in [0.1, 0.15) is 27.6 Å². The highest BCUT2D eigenvalue weighted by Gasteiger charge is 2.24. The first-order valence-electron chi connectivity index (χ1n) is 8.40. The van der Waals surface area contributed by atoms with Gasteiger partial charge in [0.25, 0.3) is 5.69 Å². The summed E-state index contributed by atoms with van der Waals surface area (Å²) in [5.74, 6) is -0.682. The Hall–Kier alpha value is -3.26. The molecule has 8 heteroatoms. The van der Waals surface area contributed by atoms with Crippen LogP contribution < -0.4 is 9.64 Å². The number of rotatable bonds is 5. The predicted octanol–water partition coefficient (Wildman–Crippen LogP) is 2.85. The second kappa shape index (κ2) is 7.96. The van der Waals surface area contributed by atoms with Crippen LogP contribution in [0.4, 0.5) is 11.4 Å². The number of hydrogen-bond donors (Lipinski definition) is 0. The zero-order valence-electron chi connectivity index (χ0n) is 14.7. The standard InChI is InChI=1S/C19H18N2O6/c1-13(22)14-3-2-4-16(11-14)27-19(23)15-5-6-17(18(12-15)21(24)25)20-7-9-26-10-8-20/h2-6,11-12H,7-10H2,1H3. The average Bonchev–Trinajstić information content (AvgIpc) is 2.68. The first kappa shape index (κ1) is 18.5. The zero-order chi connectivity index (χ0) is 19.4. The van der Waals surface area contributed by atoms with Gasteiger partial charge in [0.15, 0.2) is 5.78 Å². The molecule has 0 N–H and O–H groups in total. The summed E-state index contributed by atoms with van der Waals surface area (Å²) >= 11 is 0. The summed E-state index contributed by atoms with van der Waals surface area (Å²) in [6, 6.07) is 10.5. The van der Waals surface area contributed by atoms with Gasteiger partial charge < -0.3 is 14.4 Å². The van der Waals surface area contributed by atoms with Crippen molar-refractivity contribution in [2.75, 3.05) is 31.2 Å². The van der Waals surface area contributed by atoms with Gasteiger partial charge in [0.1, 0.15) is 11.4 Å². The highest BCUT2D eigenvalue weighted by molar-refractivity contribution is 5.95. The number of nitro benzene ring substituents is 1. The van der Waals surface area contributed by atoms with E-state index >= 15 is 0 Å². The molecule has 0 spiro atoms. The molecule has 1 aliphatic rings. The van der Waals surface area contributed by atoms with Gasteiger partial charge in [-0.05, 0) is 31.2 Å². The Labute approximate surface area is 155 Å². The Morgan fingerprint density at radius 1 is 1.11 bits per heavy atom. The number of ketones is 1. The normalized spacial score (nSPS) is 13.9. The summed E-state index contributed by atoms with van der Waals surface area (Å²) < 4.78 is 10.5. The molecule has 0 aromatic heterocycles. The molecule has 0 radical (unpaired) electrons. The molecule has 1 heterocycles. The summed E-state index contributed by atoms with van der Waals surface area (Å²) in [6.07, 6.45) is 0. The van der Waals surface area contributed by atoms with Gasteiger partial charge in [0.05, 0.1) is 23.7 Å². The van der Waals surface area contributed by atoms with Crippen LogP contribution in [-0.2, 0) is 4.74 Å². The van der Waals surface area contributed by atoms with Gasteiger partial charge in [-0.2, -0.15) is 0 Å². The highest BCUT2D eigenvalue weighted by atomic mass is 16.6. The van der Waals surface area contributed by atoms with E-state index in [1.165, 1.54) is 25.1 Å². The van der Waals surface area contributed by atoms with Crippen molar-refractivity contribution < 1.29 is 24.0 Å². The van der Waals surface area contributed by atoms with Crippen LogP contribution in [-0.4, -0.2) is 43.0 Å². The Morgan fingerprint density at radius 2 is 1.85 bits per heavy atom. The first-order chi connectivity index (χ1) is 13.0. The predicted molar refractivity (Wildman–Crippen MR) is 97.5 cm³/mol. The third kappa shape index (κ3) is 4.29. The molecule has 0 unspecified atom stereocenters. The molecule has 1 saturated heterocycles. The Bertz CT molecular complexity index is 890. The number of carbonyl (C=O) groups excluding carboxylic acids is 2. The van der Waals surface area contributed by atoms with E-state index < -0.39 is 10.9 Å². The van der Waals surface area contributed by atoms with Gasteiger partial charge in [-0.15, -0.1) is 0 Å². The Morgan fingerprint density at radius 3 is 2.52 bits per heavy atom. The summed E-state index contributed by atoms with van der Waals surface area (Å²) in [4.78, 5) is 36.6. The zero-order valence-corrected chi connectivity index (χ0v) is 14.7. The fourth-order valence-corrected chi connectivity index (χ4v) is 2.81. The number of anilines is 1. The van der Waals surface area contributed by atoms with E-state index in [1.54, 1.807) is 24.3 Å². The van der Waals surface area contributed by atoms with E-state index in [2.05, 4.69) is 0 Å². The number of esters is 1. The van der Waals surface area contributed by atoms with Crippen molar-refractivity contribution in [3.05, 3.63) is 63.7 Å². The van der Waals surface area contributed by atoms with Crippen LogP contribution in [0.25, 0.3) is 0 Å². The largest absolute Gasteiger partial charge is 0.423 e. The molecule has 1 aliphatic heterocycles. The van der Waals surface area contributed by atoms with Crippen molar-refractivity contribution in [3.8, 4) is 5.75 Å². The van der Waals surface area contributed by atoms with Crippen LogP contribution >= 0.6 is 0 Å². The summed E-state index contributed by atoms with van der Waals surface area (Å²) in [7, 11) is 0. The number of nitro groups is 1. The molecule has 0 atom stereocenters. The number of hydrogen-bond acceptors (Lipinski definition) is 7. The Kier molecular flexibility index (Phi) is 5.46. The van der Waals surface area contributed by atoms with E-state index in [-0.39, 0.29) is 22.8 Å². The Balaban J connectivity index is 1.84. The lowest BCUT2D eigenvalue weighted by atomic mass is 10.1. The van der Waals surface area contributed by atoms with Crippen molar-refractivity contribution in [2.24, 2.45) is 0 Å². The van der Waals surface area contributed by atoms with E-state index in [4.69, 9.17) is 9.47 Å². The second-order valence-corrected chi connectivity index (χ2v) is 6.03. The smallest absolute Gasteiger partial charge is 0.343 e. The molecule has 1 fully saturated rings. The molecule has 140 valence electrons. The SMILES string of the molecule is CC(=O)c1cccc(OC(=O)c2ccc(N3CCOCC3)c([N+](=O)[O-])c2)c1. The second-order valence-electron chi connectivity index (χ2n) is 6.03. The number of nitrogens with zero attached hydrogens (tertiary/aromatic N) is 2. The highest BCUT2D eigenvalue weighted by Crippen LogP contribution is 2.30. The summed E-state index contributed by atoms with van der Waals surface area (Å²) in [5.41, 5.74) is 0.753. The molecule has 8 nitrogen and oxygen atoms in total. The van der Waals surface area contributed by atoms with Crippen LogP contribution in [0.5, 0.6) is 5.75 Å². The van der Waals surface area contributed by atoms with Gasteiger partial charge in [-0.3, -0.25) is 14.9 Å². The molecule has 27 heavy (non-hydrogen) atoms. The van der Waals surface area contributed by atoms with Gasteiger partial charge >= 0.3 is 5.97 Å². The maximum absolute atomic E-state index is 12.4. The molecule has 2 aromatic carbocycles. The number of benzene rings is 2. The molecule has 0 saturated carbocycles. The number of Topliss-reactive ketones (excluding diaryl/α,β-unsaturated/α-hetero) is 1. The summed E-state index contributed by atoms with van der Waals surface area (Å²) in [5, 5.41) is 11.5. The first-order valence-corrected chi connectivity index (χ1v) is 8.40. The topological polar surface area (TPSA) is 99.0 Å². The minimum Gasteiger partial charge on any atom is -0.423 e. The van der Waals surface area contributed by atoms with Crippen LogP contribution in [0.15, 0.2) is 42.5 Å². The van der Waals surface area contributed by atoms with Crippen molar-refractivity contribution in [3.63, 3.8) is 0 Å². The number of ether oxygens (including phenoxy) is 2. The molecule has 0 amide bonds. The van der Waals surface area contributed by atoms with E-state index in [0.717, 1.165) is 0 Å². The van der Waals surface area contributed by atoms with E-state index in [1.807, 2.05) is 4.90 Å². The van der Waals surface area contributed by atoms with E-state index in [0.29, 0.717) is 37.6 Å². The fourth-order valence-electron chi connectivity index (χ4n) is 2.81. The van der Waals surface area contributed by atoms with Crippen molar-refractivity contribution >= 4 is 23.1 Å². The molecule has 3 rings (SSSR count). The molecular formula is C19H18N2O6. The molecule has 0 aliphatic carbocycles. The monoisotopic (exact) mass is 370 g/mol. The third-order valence-corrected chi connectivity index (χ3v) is 4.21.